The van der Waals surface area contributed by atoms with E-state index in [0.29, 0.717) is 17.8 Å². The number of esters is 1. The van der Waals surface area contributed by atoms with Gasteiger partial charge in [0.25, 0.3) is 0 Å². The van der Waals surface area contributed by atoms with Gasteiger partial charge in [0.15, 0.2) is 0 Å². The van der Waals surface area contributed by atoms with Crippen molar-refractivity contribution in [2.45, 2.75) is 70.6 Å². The Morgan fingerprint density at radius 2 is 1.59 bits per heavy atom. The number of halogens is 1. The van der Waals surface area contributed by atoms with Crippen LogP contribution >= 0.6 is 18.9 Å². The third kappa shape index (κ3) is 5.19. The van der Waals surface area contributed by atoms with Crippen LogP contribution in [0.15, 0.2) is 42.5 Å². The van der Waals surface area contributed by atoms with Crippen LogP contribution in [-0.2, 0) is 20.9 Å². The molecule has 1 aliphatic heterocycles. The van der Waals surface area contributed by atoms with E-state index in [4.69, 9.17) is 16.3 Å². The monoisotopic (exact) mass is 501 g/mol. The number of rotatable bonds is 7. The predicted molar refractivity (Wildman–Crippen MR) is 144 cm³/mol. The average Bonchev–Trinajstić information content (AvgIpc) is 3.01. The maximum atomic E-state index is 14.0. The van der Waals surface area contributed by atoms with Crippen molar-refractivity contribution in [2.24, 2.45) is 0 Å². The number of ether oxygens (including phenoxy) is 1. The Morgan fingerprint density at radius 3 is 2.15 bits per heavy atom. The Balaban J connectivity index is 1.58. The summed E-state index contributed by atoms with van der Waals surface area (Å²) in [6.07, 6.45) is 10.00. The summed E-state index contributed by atoms with van der Waals surface area (Å²) < 4.78 is 5.76. The van der Waals surface area contributed by atoms with Crippen molar-refractivity contribution in [3.05, 3.63) is 64.2 Å². The van der Waals surface area contributed by atoms with Gasteiger partial charge in [0.2, 0.25) is 0 Å². The second kappa shape index (κ2) is 10.8. The fourth-order valence-electron chi connectivity index (χ4n) is 6.16. The van der Waals surface area contributed by atoms with E-state index in [1.54, 1.807) is 0 Å². The summed E-state index contributed by atoms with van der Waals surface area (Å²) >= 11 is 6.22. The van der Waals surface area contributed by atoms with Crippen LogP contribution in [0.25, 0.3) is 0 Å². The number of anilines is 1. The number of hydrogen-bond acceptors (Lipinski definition) is 3. The number of carbonyl (C=O) groups excluding carboxylic acids is 2. The molecule has 4 nitrogen and oxygen atoms in total. The molecule has 2 aliphatic rings. The van der Waals surface area contributed by atoms with Crippen molar-refractivity contribution in [3.8, 4) is 0 Å². The van der Waals surface area contributed by atoms with Crippen LogP contribution in [0.2, 0.25) is 5.02 Å². The Kier molecular flexibility index (Phi) is 8.00. The average molecular weight is 502 g/mol. The van der Waals surface area contributed by atoms with Crippen molar-refractivity contribution in [3.63, 3.8) is 0 Å². The van der Waals surface area contributed by atoms with Gasteiger partial charge < -0.3 is 0 Å². The first-order valence-electron chi connectivity index (χ1n) is 12.6. The van der Waals surface area contributed by atoms with Gasteiger partial charge in [-0.25, -0.2) is 0 Å². The van der Waals surface area contributed by atoms with E-state index >= 15 is 0 Å². The Bertz CT molecular complexity index is 1000. The van der Waals surface area contributed by atoms with E-state index in [1.165, 1.54) is 12.8 Å². The predicted octanol–water partition coefficient (Wildman–Crippen LogP) is 6.89. The SMILES string of the molecule is Cc1cc(Cl)cc(C)c1NC(=O)C1([PH]2(CC(=O)OCc3ccccc3)CCCCCC2)CCC1. The molecule has 0 radical (unpaired) electrons. The van der Waals surface area contributed by atoms with Crippen molar-refractivity contribution in [2.75, 3.05) is 23.8 Å². The van der Waals surface area contributed by atoms with Gasteiger partial charge in [-0.2, -0.15) is 0 Å². The van der Waals surface area contributed by atoms with Crippen LogP contribution < -0.4 is 5.32 Å². The molecule has 0 atom stereocenters. The summed E-state index contributed by atoms with van der Waals surface area (Å²) in [5.41, 5.74) is 3.82. The number of aryl methyl sites for hydroxylation is 2. The maximum absolute atomic E-state index is 14.0. The molecule has 0 aromatic heterocycles. The topological polar surface area (TPSA) is 55.4 Å². The number of hydrogen-bond donors (Lipinski definition) is 1. The zero-order chi connectivity index (χ0) is 24.2. The van der Waals surface area contributed by atoms with Gasteiger partial charge in [-0.3, -0.25) is 0 Å². The van der Waals surface area contributed by atoms with Gasteiger partial charge in [-0.1, -0.05) is 0 Å². The Hall–Kier alpha value is -1.90. The molecule has 1 saturated heterocycles. The molecule has 1 amide bonds. The fourth-order valence-corrected chi connectivity index (χ4v) is 12.9. The Labute approximate surface area is 209 Å². The van der Waals surface area contributed by atoms with E-state index in [-0.39, 0.29) is 17.0 Å². The summed E-state index contributed by atoms with van der Waals surface area (Å²) in [6, 6.07) is 13.6. The van der Waals surface area contributed by atoms with Gasteiger partial charge in [0.05, 0.1) is 0 Å². The first kappa shape index (κ1) is 25.2. The molecule has 0 unspecified atom stereocenters. The molecule has 0 bridgehead atoms. The first-order valence-corrected chi connectivity index (χ1v) is 15.6. The van der Waals surface area contributed by atoms with Crippen molar-refractivity contribution < 1.29 is 14.3 Å². The van der Waals surface area contributed by atoms with E-state index in [1.807, 2.05) is 56.3 Å². The normalized spacial score (nSPS) is 19.9. The molecular weight excluding hydrogens is 465 g/mol. The number of benzene rings is 2. The summed E-state index contributed by atoms with van der Waals surface area (Å²) in [6.45, 7) is 4.27. The minimum absolute atomic E-state index is 0.122. The number of nitrogens with one attached hydrogen (secondary N) is 1. The van der Waals surface area contributed by atoms with E-state index in [9.17, 15) is 9.59 Å². The van der Waals surface area contributed by atoms with Gasteiger partial charge in [0.1, 0.15) is 0 Å². The molecule has 1 N–H and O–H groups in total. The molecule has 4 rings (SSSR count). The zero-order valence-corrected chi connectivity index (χ0v) is 22.2. The molecule has 2 fully saturated rings. The third-order valence-electron chi connectivity index (χ3n) is 8.18. The van der Waals surface area contributed by atoms with Crippen LogP contribution in [0.1, 0.15) is 61.6 Å². The van der Waals surface area contributed by atoms with Gasteiger partial charge >= 0.3 is 209 Å². The van der Waals surface area contributed by atoms with Crippen molar-refractivity contribution in [1.82, 2.24) is 0 Å². The van der Waals surface area contributed by atoms with Crippen molar-refractivity contribution >= 4 is 36.4 Å². The van der Waals surface area contributed by atoms with E-state index in [0.717, 1.165) is 66.8 Å². The summed E-state index contributed by atoms with van der Waals surface area (Å²) in [5.74, 6) is -0.00736. The van der Waals surface area contributed by atoms with Crippen LogP contribution in [-0.4, -0.2) is 35.5 Å². The van der Waals surface area contributed by atoms with Gasteiger partial charge in [-0.15, -0.1) is 0 Å². The van der Waals surface area contributed by atoms with Gasteiger partial charge in [0, 0.05) is 0 Å². The first-order chi connectivity index (χ1) is 16.4. The quantitative estimate of drug-likeness (QED) is 0.332. The number of amides is 1. The summed E-state index contributed by atoms with van der Waals surface area (Å²) in [5, 5.41) is 3.60. The molecule has 2 aromatic rings. The summed E-state index contributed by atoms with van der Waals surface area (Å²) in [4.78, 5) is 27.2. The van der Waals surface area contributed by atoms with E-state index in [2.05, 4.69) is 5.32 Å². The molecule has 1 heterocycles. The van der Waals surface area contributed by atoms with Gasteiger partial charge in [-0.05, 0) is 0 Å². The summed E-state index contributed by atoms with van der Waals surface area (Å²) in [7, 11) is -2.28. The molecule has 34 heavy (non-hydrogen) atoms. The minimum atomic E-state index is -2.28. The fraction of sp³-hybridized carbons (Fsp3) is 0.500. The Morgan fingerprint density at radius 1 is 0.971 bits per heavy atom. The molecule has 1 saturated carbocycles. The van der Waals surface area contributed by atoms with Crippen molar-refractivity contribution in [1.29, 1.82) is 0 Å². The van der Waals surface area contributed by atoms with Crippen LogP contribution in [0.3, 0.4) is 0 Å². The number of carbonyl (C=O) groups is 2. The second-order valence-electron chi connectivity index (χ2n) is 10.3. The molecule has 184 valence electrons. The molecule has 2 aromatic carbocycles. The molecule has 6 heteroatoms. The third-order valence-corrected chi connectivity index (χ3v) is 14.7. The van der Waals surface area contributed by atoms with Crippen LogP contribution in [0.5, 0.6) is 0 Å². The molecule has 1 aliphatic carbocycles. The molecular formula is C28H37ClNO3P. The van der Waals surface area contributed by atoms with E-state index < -0.39 is 7.26 Å². The second-order valence-corrected chi connectivity index (χ2v) is 15.6. The standard InChI is InChI=1S/C28H37ClNO3P/c1-21-17-24(29)18-22(2)26(21)30-27(32)28(13-10-14-28)34(15-8-3-4-9-16-34)20-25(31)33-19-23-11-6-5-7-12-23/h5-7,11-12,17-18,34H,3-4,8-10,13-16,19-20H2,1-2H3,(H,30,32). The van der Waals surface area contributed by atoms with Crippen LogP contribution in [0, 0.1) is 13.8 Å². The zero-order valence-electron chi connectivity index (χ0n) is 20.4. The molecule has 0 spiro atoms. The van der Waals surface area contributed by atoms with Crippen LogP contribution in [0.4, 0.5) is 5.69 Å².